The Balaban J connectivity index is 2.10. The molecule has 1 aliphatic heterocycles. The molecule has 1 N–H and O–H groups in total. The molecular weight excluding hydrogens is 252 g/mol. The van der Waals surface area contributed by atoms with Crippen LogP contribution in [0.15, 0.2) is 18.2 Å². The molecule has 1 fully saturated rings. The first-order valence-corrected chi connectivity index (χ1v) is 7.19. The molecule has 0 aromatic carbocycles. The van der Waals surface area contributed by atoms with Gasteiger partial charge in [-0.2, -0.15) is 0 Å². The number of nitrogens with zero attached hydrogens (tertiary/aromatic N) is 3. The average Bonchev–Trinajstić information content (AvgIpc) is 2.81. The van der Waals surface area contributed by atoms with Crippen LogP contribution in [-0.4, -0.2) is 60.5 Å². The Morgan fingerprint density at radius 1 is 1.45 bits per heavy atom. The number of likely N-dealkylation sites (N-methyl/N-ethyl adjacent to an activating group) is 1. The van der Waals surface area contributed by atoms with Gasteiger partial charge in [0.05, 0.1) is 0 Å². The normalized spacial score (nSPS) is 22.4. The molecule has 5 heteroatoms. The lowest BCUT2D eigenvalue weighted by Crippen LogP contribution is -2.36. The molecular formula is C15H24N4O. The summed E-state index contributed by atoms with van der Waals surface area (Å²) in [5.74, 6) is 1.28. The zero-order chi connectivity index (χ0) is 14.7. The van der Waals surface area contributed by atoms with Gasteiger partial charge in [-0.1, -0.05) is 13.0 Å². The second-order valence-corrected chi connectivity index (χ2v) is 5.66. The van der Waals surface area contributed by atoms with E-state index >= 15 is 0 Å². The second-order valence-electron chi connectivity index (χ2n) is 5.66. The van der Waals surface area contributed by atoms with E-state index < -0.39 is 0 Å². The van der Waals surface area contributed by atoms with E-state index in [1.54, 1.807) is 6.07 Å². The van der Waals surface area contributed by atoms with Gasteiger partial charge in [-0.25, -0.2) is 4.98 Å². The molecule has 0 bridgehead atoms. The average molecular weight is 276 g/mol. The lowest BCUT2D eigenvalue weighted by molar-refractivity contribution is 0.0776. The van der Waals surface area contributed by atoms with Gasteiger partial charge in [0.1, 0.15) is 11.5 Å². The molecule has 2 heterocycles. The molecule has 2 unspecified atom stereocenters. The van der Waals surface area contributed by atoms with Crippen molar-refractivity contribution in [1.29, 1.82) is 0 Å². The predicted molar refractivity (Wildman–Crippen MR) is 80.9 cm³/mol. The van der Waals surface area contributed by atoms with Crippen molar-refractivity contribution in [3.05, 3.63) is 23.9 Å². The summed E-state index contributed by atoms with van der Waals surface area (Å²) < 4.78 is 0. The molecule has 5 nitrogen and oxygen atoms in total. The Hall–Kier alpha value is -1.62. The largest absolute Gasteiger partial charge is 0.370 e. The number of likely N-dealkylation sites (tertiary alicyclic amines) is 1. The van der Waals surface area contributed by atoms with E-state index in [1.165, 1.54) is 0 Å². The molecule has 110 valence electrons. The number of hydrogen-bond acceptors (Lipinski definition) is 4. The Kier molecular flexibility index (Phi) is 4.60. The van der Waals surface area contributed by atoms with Crippen LogP contribution in [0.25, 0.3) is 0 Å². The van der Waals surface area contributed by atoms with Gasteiger partial charge >= 0.3 is 0 Å². The van der Waals surface area contributed by atoms with Crippen molar-refractivity contribution < 1.29 is 4.79 Å². The topological polar surface area (TPSA) is 48.5 Å². The van der Waals surface area contributed by atoms with E-state index in [2.05, 4.69) is 36.2 Å². The maximum Gasteiger partial charge on any atom is 0.272 e. The summed E-state index contributed by atoms with van der Waals surface area (Å²) in [5.41, 5.74) is 0.523. The van der Waals surface area contributed by atoms with Crippen molar-refractivity contribution in [2.24, 2.45) is 5.92 Å². The van der Waals surface area contributed by atoms with E-state index in [-0.39, 0.29) is 5.91 Å². The molecule has 1 saturated heterocycles. The van der Waals surface area contributed by atoms with Gasteiger partial charge in [0.25, 0.3) is 5.91 Å². The van der Waals surface area contributed by atoms with Crippen LogP contribution < -0.4 is 5.32 Å². The standard InChI is InChI=1S/C15H24N4O/c1-5-16-14-8-6-7-12(17-14)15(20)19-9-11(2)13(10-19)18(3)4/h6-8,11,13H,5,9-10H2,1-4H3,(H,16,17). The van der Waals surface area contributed by atoms with Crippen LogP contribution in [0.3, 0.4) is 0 Å². The van der Waals surface area contributed by atoms with E-state index in [9.17, 15) is 4.79 Å². The first-order valence-electron chi connectivity index (χ1n) is 7.19. The molecule has 20 heavy (non-hydrogen) atoms. The number of rotatable bonds is 4. The molecule has 0 saturated carbocycles. The highest BCUT2D eigenvalue weighted by Crippen LogP contribution is 2.21. The van der Waals surface area contributed by atoms with Gasteiger partial charge < -0.3 is 15.1 Å². The van der Waals surface area contributed by atoms with Gasteiger partial charge in [-0.05, 0) is 39.1 Å². The Morgan fingerprint density at radius 2 is 2.20 bits per heavy atom. The van der Waals surface area contributed by atoms with Crippen molar-refractivity contribution in [2.45, 2.75) is 19.9 Å². The van der Waals surface area contributed by atoms with E-state index in [4.69, 9.17) is 0 Å². The molecule has 0 radical (unpaired) electrons. The minimum absolute atomic E-state index is 0.0287. The Morgan fingerprint density at radius 3 is 2.80 bits per heavy atom. The van der Waals surface area contributed by atoms with E-state index in [1.807, 2.05) is 24.0 Å². The summed E-state index contributed by atoms with van der Waals surface area (Å²) in [6.45, 7) is 6.59. The van der Waals surface area contributed by atoms with Crippen LogP contribution in [-0.2, 0) is 0 Å². The van der Waals surface area contributed by atoms with Gasteiger partial charge in [0.15, 0.2) is 0 Å². The summed E-state index contributed by atoms with van der Waals surface area (Å²) in [4.78, 5) is 21.0. The van der Waals surface area contributed by atoms with Crippen molar-refractivity contribution >= 4 is 11.7 Å². The number of carbonyl (C=O) groups is 1. The number of carbonyl (C=O) groups excluding carboxylic acids is 1. The van der Waals surface area contributed by atoms with Crippen LogP contribution in [0.1, 0.15) is 24.3 Å². The second kappa shape index (κ2) is 6.22. The maximum atomic E-state index is 12.5. The van der Waals surface area contributed by atoms with Crippen molar-refractivity contribution in [3.8, 4) is 0 Å². The molecule has 2 rings (SSSR count). The van der Waals surface area contributed by atoms with Crippen molar-refractivity contribution in [2.75, 3.05) is 39.0 Å². The smallest absolute Gasteiger partial charge is 0.272 e. The highest BCUT2D eigenvalue weighted by Gasteiger charge is 2.34. The highest BCUT2D eigenvalue weighted by molar-refractivity contribution is 5.93. The fourth-order valence-electron chi connectivity index (χ4n) is 2.78. The van der Waals surface area contributed by atoms with Gasteiger partial charge in [0, 0.05) is 25.7 Å². The first-order chi connectivity index (χ1) is 9.52. The van der Waals surface area contributed by atoms with E-state index in [0.29, 0.717) is 17.7 Å². The monoisotopic (exact) mass is 276 g/mol. The molecule has 1 aliphatic rings. The number of nitrogens with one attached hydrogen (secondary N) is 1. The van der Waals surface area contributed by atoms with Gasteiger partial charge in [-0.3, -0.25) is 4.79 Å². The third kappa shape index (κ3) is 3.10. The zero-order valence-electron chi connectivity index (χ0n) is 12.8. The fraction of sp³-hybridized carbons (Fsp3) is 0.600. The predicted octanol–water partition coefficient (Wildman–Crippen LogP) is 1.54. The molecule has 1 aromatic heterocycles. The van der Waals surface area contributed by atoms with Crippen LogP contribution in [0.5, 0.6) is 0 Å². The van der Waals surface area contributed by atoms with Crippen molar-refractivity contribution in [1.82, 2.24) is 14.8 Å². The SMILES string of the molecule is CCNc1cccc(C(=O)N2CC(C)C(N(C)C)C2)n1. The van der Waals surface area contributed by atoms with Crippen LogP contribution in [0, 0.1) is 5.92 Å². The Bertz CT molecular complexity index is 475. The molecule has 1 amide bonds. The zero-order valence-corrected chi connectivity index (χ0v) is 12.8. The first kappa shape index (κ1) is 14.8. The lowest BCUT2D eigenvalue weighted by atomic mass is 10.1. The molecule has 0 spiro atoms. The third-order valence-corrected chi connectivity index (χ3v) is 3.85. The summed E-state index contributed by atoms with van der Waals surface area (Å²) >= 11 is 0. The fourth-order valence-corrected chi connectivity index (χ4v) is 2.78. The van der Waals surface area contributed by atoms with Crippen LogP contribution >= 0.6 is 0 Å². The summed E-state index contributed by atoms with van der Waals surface area (Å²) in [7, 11) is 4.14. The number of hydrogen-bond donors (Lipinski definition) is 1. The quantitative estimate of drug-likeness (QED) is 0.906. The summed E-state index contributed by atoms with van der Waals surface area (Å²) in [5, 5.41) is 3.14. The summed E-state index contributed by atoms with van der Waals surface area (Å²) in [6.07, 6.45) is 0. The summed E-state index contributed by atoms with van der Waals surface area (Å²) in [6, 6.07) is 5.98. The van der Waals surface area contributed by atoms with Gasteiger partial charge in [0.2, 0.25) is 0 Å². The van der Waals surface area contributed by atoms with Gasteiger partial charge in [-0.15, -0.1) is 0 Å². The maximum absolute atomic E-state index is 12.5. The van der Waals surface area contributed by atoms with Crippen LogP contribution in [0.2, 0.25) is 0 Å². The molecule has 0 aliphatic carbocycles. The Labute approximate surface area is 121 Å². The minimum atomic E-state index is 0.0287. The molecule has 2 atom stereocenters. The minimum Gasteiger partial charge on any atom is -0.370 e. The molecule has 1 aromatic rings. The lowest BCUT2D eigenvalue weighted by Gasteiger charge is -2.22. The number of aromatic nitrogens is 1. The van der Waals surface area contributed by atoms with Crippen molar-refractivity contribution in [3.63, 3.8) is 0 Å². The van der Waals surface area contributed by atoms with E-state index in [0.717, 1.165) is 25.5 Å². The number of amides is 1. The van der Waals surface area contributed by atoms with Crippen LogP contribution in [0.4, 0.5) is 5.82 Å². The third-order valence-electron chi connectivity index (χ3n) is 3.85. The number of anilines is 1. The highest BCUT2D eigenvalue weighted by atomic mass is 16.2. The number of pyridine rings is 1.